The van der Waals surface area contributed by atoms with Gasteiger partial charge in [-0.2, -0.15) is 0 Å². The van der Waals surface area contributed by atoms with Crippen LogP contribution in [-0.4, -0.2) is 5.78 Å². The van der Waals surface area contributed by atoms with Crippen molar-refractivity contribution in [3.63, 3.8) is 0 Å². The third kappa shape index (κ3) is 1.96. The first kappa shape index (κ1) is 13.5. The second kappa shape index (κ2) is 4.65. The van der Waals surface area contributed by atoms with E-state index in [-0.39, 0.29) is 5.78 Å². The van der Waals surface area contributed by atoms with E-state index in [0.29, 0.717) is 0 Å². The van der Waals surface area contributed by atoms with Crippen LogP contribution in [0.2, 0.25) is 0 Å². The van der Waals surface area contributed by atoms with E-state index < -0.39 is 0 Å². The van der Waals surface area contributed by atoms with E-state index in [2.05, 4.69) is 63.3 Å². The number of allylic oxidation sites excluding steroid dienone is 4. The number of Topliss-reactive ketones (excluding diaryl/α,β-unsaturated/α-hetero) is 1. The zero-order valence-corrected chi connectivity index (χ0v) is 13.6. The molecule has 0 bridgehead atoms. The average Bonchev–Trinajstić information content (AvgIpc) is 2.53. The van der Waals surface area contributed by atoms with Gasteiger partial charge in [0.2, 0.25) is 0 Å². The molecule has 94 valence electrons. The fourth-order valence-corrected chi connectivity index (χ4v) is 3.16. The predicted octanol–water partition coefficient (Wildman–Crippen LogP) is 5.00. The highest BCUT2D eigenvalue weighted by Gasteiger charge is 2.29. The van der Waals surface area contributed by atoms with Crippen molar-refractivity contribution in [3.05, 3.63) is 49.1 Å². The van der Waals surface area contributed by atoms with Crippen molar-refractivity contribution in [2.24, 2.45) is 0 Å². The average molecular weight is 352 g/mol. The highest BCUT2D eigenvalue weighted by Crippen LogP contribution is 2.42. The molecule has 1 aliphatic rings. The molecule has 18 heavy (non-hydrogen) atoms. The van der Waals surface area contributed by atoms with Crippen molar-refractivity contribution in [3.8, 4) is 0 Å². The van der Waals surface area contributed by atoms with Gasteiger partial charge in [0, 0.05) is 11.1 Å². The van der Waals surface area contributed by atoms with Gasteiger partial charge in [-0.25, -0.2) is 0 Å². The number of hydrogen-bond donors (Lipinski definition) is 0. The van der Waals surface area contributed by atoms with Crippen LogP contribution >= 0.6 is 22.6 Å². The van der Waals surface area contributed by atoms with E-state index in [1.807, 2.05) is 6.07 Å². The number of benzene rings is 1. The third-order valence-electron chi connectivity index (χ3n) is 3.69. The fourth-order valence-electron chi connectivity index (χ4n) is 2.18. The molecule has 0 unspecified atom stereocenters. The first-order valence-corrected chi connectivity index (χ1v) is 7.13. The number of fused-ring (bicyclic) bond motifs is 1. The molecular formula is C16H17IO. The van der Waals surface area contributed by atoms with Gasteiger partial charge in [-0.15, -0.1) is 0 Å². The lowest BCUT2D eigenvalue weighted by Crippen LogP contribution is -1.96. The number of halogens is 1. The largest absolute Gasteiger partial charge is 0.288 e. The number of carbonyl (C=O) groups excluding carboxylic acids is 1. The molecule has 0 aliphatic heterocycles. The smallest absolute Gasteiger partial charge is 0.200 e. The zero-order valence-electron chi connectivity index (χ0n) is 11.4. The van der Waals surface area contributed by atoms with Crippen molar-refractivity contribution in [2.45, 2.75) is 34.6 Å². The summed E-state index contributed by atoms with van der Waals surface area (Å²) in [5, 5.41) is 0. The molecule has 2 rings (SSSR count). The molecule has 2 heteroatoms. The summed E-state index contributed by atoms with van der Waals surface area (Å²) in [6.07, 6.45) is 0. The summed E-state index contributed by atoms with van der Waals surface area (Å²) >= 11 is 2.18. The van der Waals surface area contributed by atoms with E-state index in [1.54, 1.807) is 0 Å². The van der Waals surface area contributed by atoms with Crippen LogP contribution in [0.25, 0.3) is 5.57 Å². The standard InChI is InChI=1S/C16H17IO/c1-8(2)11(5)14-12-6-9(3)10(4)7-13(12)16(18)15(14)17/h6-7H,1-5H3. The molecule has 0 heterocycles. The molecule has 1 aromatic rings. The summed E-state index contributed by atoms with van der Waals surface area (Å²) in [5.74, 6) is 0.171. The Bertz CT molecular complexity index is 614. The Hall–Kier alpha value is -0.900. The summed E-state index contributed by atoms with van der Waals surface area (Å²) in [6, 6.07) is 4.17. The molecule has 0 saturated carbocycles. The van der Waals surface area contributed by atoms with Crippen LogP contribution in [0.3, 0.4) is 0 Å². The van der Waals surface area contributed by atoms with Crippen LogP contribution in [0.4, 0.5) is 0 Å². The van der Waals surface area contributed by atoms with Gasteiger partial charge < -0.3 is 0 Å². The number of rotatable bonds is 1. The molecule has 0 radical (unpaired) electrons. The number of hydrogen-bond acceptors (Lipinski definition) is 1. The maximum absolute atomic E-state index is 12.3. The van der Waals surface area contributed by atoms with Gasteiger partial charge in [-0.05, 0) is 85.5 Å². The molecule has 0 atom stereocenters. The molecule has 0 spiro atoms. The highest BCUT2D eigenvalue weighted by molar-refractivity contribution is 14.1. The lowest BCUT2D eigenvalue weighted by molar-refractivity contribution is 0.104. The monoisotopic (exact) mass is 352 g/mol. The van der Waals surface area contributed by atoms with Crippen LogP contribution in [0, 0.1) is 13.8 Å². The Morgan fingerprint density at radius 1 is 1.00 bits per heavy atom. The summed E-state index contributed by atoms with van der Waals surface area (Å²) in [5.41, 5.74) is 7.99. The van der Waals surface area contributed by atoms with Crippen LogP contribution in [-0.2, 0) is 0 Å². The van der Waals surface area contributed by atoms with Crippen LogP contribution in [0.15, 0.2) is 26.9 Å². The maximum Gasteiger partial charge on any atom is 0.200 e. The van der Waals surface area contributed by atoms with Crippen molar-refractivity contribution in [1.82, 2.24) is 0 Å². The minimum absolute atomic E-state index is 0.171. The Morgan fingerprint density at radius 2 is 1.50 bits per heavy atom. The van der Waals surface area contributed by atoms with Gasteiger partial charge >= 0.3 is 0 Å². The quantitative estimate of drug-likeness (QED) is 0.650. The molecule has 1 aromatic carbocycles. The molecule has 1 aliphatic carbocycles. The lowest BCUT2D eigenvalue weighted by Gasteiger charge is -2.10. The summed E-state index contributed by atoms with van der Waals surface area (Å²) < 4.78 is 0.853. The Morgan fingerprint density at radius 3 is 2.00 bits per heavy atom. The first-order valence-electron chi connectivity index (χ1n) is 6.05. The number of carbonyl (C=O) groups is 1. The Kier molecular flexibility index (Phi) is 3.49. The second-order valence-electron chi connectivity index (χ2n) is 5.13. The SMILES string of the molecule is CC(C)=C(C)C1=C(I)C(=O)c2cc(C)c(C)cc21. The van der Waals surface area contributed by atoms with E-state index in [9.17, 15) is 4.79 Å². The molecule has 0 saturated heterocycles. The highest BCUT2D eigenvalue weighted by atomic mass is 127. The fraction of sp³-hybridized carbons (Fsp3) is 0.312. The summed E-state index contributed by atoms with van der Waals surface area (Å²) in [4.78, 5) is 12.3. The van der Waals surface area contributed by atoms with Crippen molar-refractivity contribution >= 4 is 33.9 Å². The van der Waals surface area contributed by atoms with Gasteiger partial charge in [-0.3, -0.25) is 4.79 Å². The second-order valence-corrected chi connectivity index (χ2v) is 6.20. The van der Waals surface area contributed by atoms with Crippen LogP contribution in [0.1, 0.15) is 47.8 Å². The van der Waals surface area contributed by atoms with Crippen molar-refractivity contribution in [2.75, 3.05) is 0 Å². The van der Waals surface area contributed by atoms with Gasteiger partial charge in [0.05, 0.1) is 3.58 Å². The van der Waals surface area contributed by atoms with E-state index in [4.69, 9.17) is 0 Å². The normalized spacial score (nSPS) is 14.0. The molecule has 0 amide bonds. The van der Waals surface area contributed by atoms with Crippen LogP contribution in [0.5, 0.6) is 0 Å². The van der Waals surface area contributed by atoms with E-state index in [1.165, 1.54) is 22.3 Å². The van der Waals surface area contributed by atoms with Gasteiger partial charge in [-0.1, -0.05) is 11.6 Å². The zero-order chi connectivity index (χ0) is 13.6. The molecule has 0 fully saturated rings. The molecular weight excluding hydrogens is 335 g/mol. The van der Waals surface area contributed by atoms with E-state index in [0.717, 1.165) is 20.3 Å². The Labute approximate surface area is 122 Å². The summed E-state index contributed by atoms with van der Waals surface area (Å²) in [7, 11) is 0. The minimum atomic E-state index is 0.171. The molecule has 0 aromatic heterocycles. The summed E-state index contributed by atoms with van der Waals surface area (Å²) in [6.45, 7) is 10.4. The van der Waals surface area contributed by atoms with Crippen LogP contribution < -0.4 is 0 Å². The topological polar surface area (TPSA) is 17.1 Å². The number of ketones is 1. The van der Waals surface area contributed by atoms with E-state index >= 15 is 0 Å². The first-order chi connectivity index (χ1) is 8.34. The third-order valence-corrected chi connectivity index (χ3v) is 4.72. The van der Waals surface area contributed by atoms with Crippen molar-refractivity contribution in [1.29, 1.82) is 0 Å². The maximum atomic E-state index is 12.3. The molecule has 1 nitrogen and oxygen atoms in total. The van der Waals surface area contributed by atoms with Gasteiger partial charge in [0.1, 0.15) is 0 Å². The van der Waals surface area contributed by atoms with Gasteiger partial charge in [0.25, 0.3) is 0 Å². The Balaban J connectivity index is 2.76. The minimum Gasteiger partial charge on any atom is -0.288 e. The van der Waals surface area contributed by atoms with Crippen molar-refractivity contribution < 1.29 is 4.79 Å². The number of aryl methyl sites for hydroxylation is 2. The molecule has 0 N–H and O–H groups in total. The predicted molar refractivity (Wildman–Crippen MR) is 85.2 cm³/mol. The van der Waals surface area contributed by atoms with Gasteiger partial charge in [0.15, 0.2) is 5.78 Å². The lowest BCUT2D eigenvalue weighted by atomic mass is 9.94.